The molecule has 0 aliphatic carbocycles. The summed E-state index contributed by atoms with van der Waals surface area (Å²) in [5.74, 6) is 3.30. The molecular weight excluding hydrogens is 320 g/mol. The van der Waals surface area contributed by atoms with Crippen LogP contribution >= 0.6 is 23.1 Å². The maximum Gasteiger partial charge on any atom is 0.128 e. The van der Waals surface area contributed by atoms with Crippen LogP contribution in [0.25, 0.3) is 21.3 Å². The van der Waals surface area contributed by atoms with Crippen LogP contribution < -0.4 is 0 Å². The van der Waals surface area contributed by atoms with Gasteiger partial charge >= 0.3 is 0 Å². The van der Waals surface area contributed by atoms with E-state index in [4.69, 9.17) is 6.42 Å². The van der Waals surface area contributed by atoms with E-state index >= 15 is 0 Å². The van der Waals surface area contributed by atoms with E-state index in [1.807, 2.05) is 0 Å². The average molecular weight is 339 g/mol. The number of terminal acetylenes is 1. The fourth-order valence-electron chi connectivity index (χ4n) is 2.63. The Morgan fingerprint density at radius 2 is 1.91 bits per heavy atom. The average Bonchev–Trinajstić information content (AvgIpc) is 2.99. The van der Waals surface area contributed by atoms with E-state index in [0.717, 1.165) is 28.1 Å². The first-order valence-electron chi connectivity index (χ1n) is 7.70. The molecule has 0 radical (unpaired) electrons. The molecule has 0 fully saturated rings. The standard InChI is InChI=1S/C19H18N2S2/c1-4-11-22-18-17-16(14-9-7-13(5-2)8-10-14)15(6-3)23-19(17)21-12-20-18/h1,7-10,12H,5-6,11H2,2-3H3. The van der Waals surface area contributed by atoms with Crippen LogP contribution in [-0.4, -0.2) is 15.7 Å². The summed E-state index contributed by atoms with van der Waals surface area (Å²) in [5.41, 5.74) is 3.86. The van der Waals surface area contributed by atoms with Crippen LogP contribution in [0.2, 0.25) is 0 Å². The lowest BCUT2D eigenvalue weighted by molar-refractivity contribution is 1.11. The monoisotopic (exact) mass is 338 g/mol. The molecule has 0 atom stereocenters. The second kappa shape index (κ2) is 7.16. The van der Waals surface area contributed by atoms with E-state index in [0.29, 0.717) is 5.75 Å². The highest BCUT2D eigenvalue weighted by atomic mass is 32.2. The molecule has 4 heteroatoms. The topological polar surface area (TPSA) is 25.8 Å². The molecule has 116 valence electrons. The van der Waals surface area contributed by atoms with Crippen molar-refractivity contribution in [1.82, 2.24) is 9.97 Å². The van der Waals surface area contributed by atoms with Crippen LogP contribution in [0.1, 0.15) is 24.3 Å². The van der Waals surface area contributed by atoms with Crippen molar-refractivity contribution in [2.75, 3.05) is 5.75 Å². The number of thiophene rings is 1. The van der Waals surface area contributed by atoms with Gasteiger partial charge in [-0.15, -0.1) is 17.8 Å². The van der Waals surface area contributed by atoms with Gasteiger partial charge in [0.15, 0.2) is 0 Å². The van der Waals surface area contributed by atoms with Gasteiger partial charge in [0.2, 0.25) is 0 Å². The van der Waals surface area contributed by atoms with Gasteiger partial charge in [0.1, 0.15) is 16.2 Å². The number of aromatic nitrogens is 2. The second-order valence-corrected chi connectivity index (χ2v) is 7.20. The predicted octanol–water partition coefficient (Wildman–Crippen LogP) is 5.21. The minimum Gasteiger partial charge on any atom is -0.229 e. The smallest absolute Gasteiger partial charge is 0.128 e. The second-order valence-electron chi connectivity index (χ2n) is 5.16. The van der Waals surface area contributed by atoms with Gasteiger partial charge in [0.05, 0.1) is 11.1 Å². The van der Waals surface area contributed by atoms with Crippen molar-refractivity contribution in [2.24, 2.45) is 0 Å². The summed E-state index contributed by atoms with van der Waals surface area (Å²) in [6, 6.07) is 8.83. The van der Waals surface area contributed by atoms with Gasteiger partial charge in [-0.2, -0.15) is 0 Å². The van der Waals surface area contributed by atoms with Gasteiger partial charge in [0.25, 0.3) is 0 Å². The molecule has 2 heterocycles. The third-order valence-corrected chi connectivity index (χ3v) is 5.93. The fourth-order valence-corrected chi connectivity index (χ4v) is 4.48. The molecule has 3 rings (SSSR count). The first kappa shape index (κ1) is 16.0. The molecular formula is C19H18N2S2. The number of benzene rings is 1. The molecule has 0 amide bonds. The molecule has 0 aliphatic rings. The number of thioether (sulfide) groups is 1. The molecule has 2 nitrogen and oxygen atoms in total. The summed E-state index contributed by atoms with van der Waals surface area (Å²) in [5, 5.41) is 2.14. The van der Waals surface area contributed by atoms with Gasteiger partial charge in [-0.3, -0.25) is 0 Å². The Bertz CT molecular complexity index is 857. The van der Waals surface area contributed by atoms with Crippen molar-refractivity contribution in [2.45, 2.75) is 31.7 Å². The Morgan fingerprint density at radius 1 is 1.13 bits per heavy atom. The van der Waals surface area contributed by atoms with Crippen LogP contribution in [0.15, 0.2) is 35.6 Å². The van der Waals surface area contributed by atoms with Crippen LogP contribution in [0.3, 0.4) is 0 Å². The van der Waals surface area contributed by atoms with Gasteiger partial charge in [-0.25, -0.2) is 9.97 Å². The summed E-state index contributed by atoms with van der Waals surface area (Å²) in [4.78, 5) is 11.4. The lowest BCUT2D eigenvalue weighted by atomic mass is 10.0. The predicted molar refractivity (Wildman–Crippen MR) is 101 cm³/mol. The van der Waals surface area contributed by atoms with Crippen molar-refractivity contribution in [1.29, 1.82) is 0 Å². The van der Waals surface area contributed by atoms with Crippen molar-refractivity contribution in [3.63, 3.8) is 0 Å². The highest BCUT2D eigenvalue weighted by molar-refractivity contribution is 7.99. The molecule has 0 unspecified atom stereocenters. The summed E-state index contributed by atoms with van der Waals surface area (Å²) in [6.07, 6.45) is 9.11. The lowest BCUT2D eigenvalue weighted by Crippen LogP contribution is -1.88. The Hall–Kier alpha value is -1.83. The maximum absolute atomic E-state index is 5.42. The lowest BCUT2D eigenvalue weighted by Gasteiger charge is -2.07. The van der Waals surface area contributed by atoms with Crippen LogP contribution in [0.5, 0.6) is 0 Å². The largest absolute Gasteiger partial charge is 0.229 e. The molecule has 0 spiro atoms. The molecule has 3 aromatic rings. The highest BCUT2D eigenvalue weighted by Crippen LogP contribution is 2.41. The highest BCUT2D eigenvalue weighted by Gasteiger charge is 2.18. The normalized spacial score (nSPS) is 10.8. The van der Waals surface area contributed by atoms with E-state index < -0.39 is 0 Å². The quantitative estimate of drug-likeness (QED) is 0.363. The van der Waals surface area contributed by atoms with E-state index in [2.05, 4.69) is 54.0 Å². The molecule has 0 bridgehead atoms. The van der Waals surface area contributed by atoms with E-state index in [1.54, 1.807) is 29.4 Å². The van der Waals surface area contributed by atoms with Crippen LogP contribution in [0.4, 0.5) is 0 Å². The Morgan fingerprint density at radius 3 is 2.57 bits per heavy atom. The molecule has 0 N–H and O–H groups in total. The third-order valence-electron chi connectivity index (χ3n) is 3.79. The zero-order valence-corrected chi connectivity index (χ0v) is 14.9. The summed E-state index contributed by atoms with van der Waals surface area (Å²) in [7, 11) is 0. The van der Waals surface area contributed by atoms with Crippen LogP contribution in [0, 0.1) is 12.3 Å². The van der Waals surface area contributed by atoms with E-state index in [1.165, 1.54) is 21.6 Å². The van der Waals surface area contributed by atoms with E-state index in [9.17, 15) is 0 Å². The Labute approximate surface area is 145 Å². The molecule has 0 aliphatic heterocycles. The zero-order chi connectivity index (χ0) is 16.2. The molecule has 0 saturated heterocycles. The molecule has 23 heavy (non-hydrogen) atoms. The summed E-state index contributed by atoms with van der Waals surface area (Å²) >= 11 is 3.37. The third kappa shape index (κ3) is 3.12. The van der Waals surface area contributed by atoms with Gasteiger partial charge < -0.3 is 0 Å². The minimum absolute atomic E-state index is 0.623. The number of hydrogen-bond acceptors (Lipinski definition) is 4. The number of aryl methyl sites for hydroxylation is 2. The summed E-state index contributed by atoms with van der Waals surface area (Å²) in [6.45, 7) is 4.37. The van der Waals surface area contributed by atoms with Crippen molar-refractivity contribution in [3.8, 4) is 23.5 Å². The number of nitrogens with zero attached hydrogens (tertiary/aromatic N) is 2. The number of fused-ring (bicyclic) bond motifs is 1. The fraction of sp³-hybridized carbons (Fsp3) is 0.263. The van der Waals surface area contributed by atoms with Gasteiger partial charge in [-0.1, -0.05) is 55.8 Å². The number of hydrogen-bond donors (Lipinski definition) is 0. The first-order chi connectivity index (χ1) is 11.3. The Kier molecular flexibility index (Phi) is 5.00. The minimum atomic E-state index is 0.623. The Balaban J connectivity index is 2.22. The van der Waals surface area contributed by atoms with Crippen LogP contribution in [-0.2, 0) is 12.8 Å². The summed E-state index contributed by atoms with van der Waals surface area (Å²) < 4.78 is 0. The van der Waals surface area contributed by atoms with Crippen molar-refractivity contribution < 1.29 is 0 Å². The molecule has 2 aromatic heterocycles. The first-order valence-corrected chi connectivity index (χ1v) is 9.50. The zero-order valence-electron chi connectivity index (χ0n) is 13.3. The van der Waals surface area contributed by atoms with Gasteiger partial charge in [0, 0.05) is 10.4 Å². The molecule has 1 aromatic carbocycles. The maximum atomic E-state index is 5.42. The SMILES string of the molecule is C#CCSc1ncnc2sc(CC)c(-c3ccc(CC)cc3)c12. The van der Waals surface area contributed by atoms with Crippen molar-refractivity contribution in [3.05, 3.63) is 41.0 Å². The van der Waals surface area contributed by atoms with Gasteiger partial charge in [-0.05, 0) is 24.0 Å². The molecule has 0 saturated carbocycles. The van der Waals surface area contributed by atoms with E-state index in [-0.39, 0.29) is 0 Å². The van der Waals surface area contributed by atoms with Crippen molar-refractivity contribution >= 4 is 33.3 Å². The number of rotatable bonds is 5.